The van der Waals surface area contributed by atoms with E-state index in [0.29, 0.717) is 17.6 Å². The van der Waals surface area contributed by atoms with E-state index in [-0.39, 0.29) is 29.7 Å². The number of likely N-dealkylation sites (tertiary alicyclic amines) is 1. The van der Waals surface area contributed by atoms with Gasteiger partial charge in [-0.25, -0.2) is 0 Å². The quantitative estimate of drug-likeness (QED) is 0.666. The second kappa shape index (κ2) is 8.14. The van der Waals surface area contributed by atoms with Crippen LogP contribution in [0.15, 0.2) is 18.2 Å². The zero-order chi connectivity index (χ0) is 17.9. The van der Waals surface area contributed by atoms with E-state index >= 15 is 0 Å². The van der Waals surface area contributed by atoms with Gasteiger partial charge in [-0.1, -0.05) is 22.0 Å². The van der Waals surface area contributed by atoms with Gasteiger partial charge in [0.25, 0.3) is 0 Å². The Bertz CT molecular complexity index is 583. The average Bonchev–Trinajstić information content (AvgIpc) is 2.92. The van der Waals surface area contributed by atoms with Gasteiger partial charge in [-0.2, -0.15) is 8.78 Å². The number of ether oxygens (including phenoxy) is 2. The Kier molecular flexibility index (Phi) is 6.43. The van der Waals surface area contributed by atoms with Gasteiger partial charge in [0, 0.05) is 30.8 Å². The van der Waals surface area contributed by atoms with Gasteiger partial charge in [0.1, 0.15) is 0 Å². The molecule has 2 atom stereocenters. The normalized spacial score (nSPS) is 20.8. The minimum atomic E-state index is -2.90. The highest BCUT2D eigenvalue weighted by Crippen LogP contribution is 2.38. The second-order valence-electron chi connectivity index (χ2n) is 6.16. The first-order chi connectivity index (χ1) is 11.3. The van der Waals surface area contributed by atoms with Crippen LogP contribution in [0.4, 0.5) is 8.78 Å². The summed E-state index contributed by atoms with van der Waals surface area (Å²) in [6, 6.07) is 5.17. The minimum Gasteiger partial charge on any atom is -0.487 e. The van der Waals surface area contributed by atoms with E-state index in [2.05, 4.69) is 20.7 Å². The summed E-state index contributed by atoms with van der Waals surface area (Å²) in [5.41, 5.74) is 0.960. The summed E-state index contributed by atoms with van der Waals surface area (Å²) in [6.45, 7) is 2.93. The smallest absolute Gasteiger partial charge is 0.387 e. The van der Waals surface area contributed by atoms with Crippen LogP contribution in [0.25, 0.3) is 0 Å². The number of carbonyl (C=O) groups is 1. The largest absolute Gasteiger partial charge is 0.487 e. The highest BCUT2D eigenvalue weighted by atomic mass is 79.9. The maximum absolute atomic E-state index is 12.5. The van der Waals surface area contributed by atoms with Gasteiger partial charge in [0.05, 0.1) is 6.10 Å². The fraction of sp³-hybridized carbons (Fsp3) is 0.588. The molecule has 1 unspecified atom stereocenters. The van der Waals surface area contributed by atoms with E-state index in [0.717, 1.165) is 12.0 Å². The van der Waals surface area contributed by atoms with E-state index in [1.165, 1.54) is 6.07 Å². The van der Waals surface area contributed by atoms with Gasteiger partial charge in [-0.3, -0.25) is 4.79 Å². The lowest BCUT2D eigenvalue weighted by Crippen LogP contribution is -2.34. The van der Waals surface area contributed by atoms with Crippen molar-refractivity contribution in [3.05, 3.63) is 23.8 Å². The number of alkyl halides is 3. The number of benzene rings is 1. The van der Waals surface area contributed by atoms with Crippen LogP contribution >= 0.6 is 15.9 Å². The van der Waals surface area contributed by atoms with Crippen molar-refractivity contribution in [2.24, 2.45) is 0 Å². The Balaban J connectivity index is 2.26. The van der Waals surface area contributed by atoms with Crippen molar-refractivity contribution in [2.45, 2.75) is 51.9 Å². The van der Waals surface area contributed by atoms with Gasteiger partial charge in [-0.05, 0) is 38.0 Å². The molecule has 1 aromatic carbocycles. The number of amides is 1. The molecule has 2 rings (SSSR count). The molecular formula is C17H22BrF2NO3. The molecule has 0 radical (unpaired) electrons. The zero-order valence-corrected chi connectivity index (χ0v) is 15.6. The molecule has 1 saturated heterocycles. The molecule has 7 heteroatoms. The first-order valence-electron chi connectivity index (χ1n) is 7.90. The molecule has 0 bridgehead atoms. The summed E-state index contributed by atoms with van der Waals surface area (Å²) in [6.07, 6.45) is 0.661. The average molecular weight is 406 g/mol. The fourth-order valence-corrected chi connectivity index (χ4v) is 3.62. The molecule has 0 aromatic heterocycles. The molecule has 134 valence electrons. The first-order valence-corrected chi connectivity index (χ1v) is 9.02. The lowest BCUT2D eigenvalue weighted by molar-refractivity contribution is -0.129. The van der Waals surface area contributed by atoms with E-state index < -0.39 is 6.61 Å². The standard InChI is InChI=1S/C17H22BrF2NO3/c1-10(2)23-16-7-12(4-5-15(16)24-17(19)20)13-6-14(8-18)21(9-13)11(3)22/h4-5,7,10,13-14,17H,6,8-9H2,1-3H3/t13?,14-/m1/s1. The molecule has 24 heavy (non-hydrogen) atoms. The highest BCUT2D eigenvalue weighted by molar-refractivity contribution is 9.09. The minimum absolute atomic E-state index is 0.0286. The van der Waals surface area contributed by atoms with E-state index in [9.17, 15) is 13.6 Å². The molecule has 1 aliphatic heterocycles. The predicted molar refractivity (Wildman–Crippen MR) is 91.2 cm³/mol. The molecule has 1 fully saturated rings. The van der Waals surface area contributed by atoms with Crippen molar-refractivity contribution in [1.82, 2.24) is 4.90 Å². The lowest BCUT2D eigenvalue weighted by atomic mass is 9.96. The van der Waals surface area contributed by atoms with Crippen LogP contribution in [0.5, 0.6) is 11.5 Å². The van der Waals surface area contributed by atoms with Gasteiger partial charge >= 0.3 is 6.61 Å². The van der Waals surface area contributed by atoms with E-state index in [1.807, 2.05) is 18.7 Å². The summed E-state index contributed by atoms with van der Waals surface area (Å²) in [4.78, 5) is 13.6. The number of carbonyl (C=O) groups excluding carboxylic acids is 1. The molecule has 4 nitrogen and oxygen atoms in total. The zero-order valence-electron chi connectivity index (χ0n) is 14.0. The molecule has 0 N–H and O–H groups in total. The Morgan fingerprint density at radius 2 is 2.04 bits per heavy atom. The molecule has 1 heterocycles. The fourth-order valence-electron chi connectivity index (χ4n) is 3.01. The van der Waals surface area contributed by atoms with Crippen molar-refractivity contribution in [1.29, 1.82) is 0 Å². The Labute approximate surface area is 149 Å². The van der Waals surface area contributed by atoms with Crippen molar-refractivity contribution in [3.63, 3.8) is 0 Å². The Morgan fingerprint density at radius 1 is 1.33 bits per heavy atom. The van der Waals surface area contributed by atoms with Crippen LogP contribution in [-0.2, 0) is 4.79 Å². The van der Waals surface area contributed by atoms with Crippen LogP contribution in [0.1, 0.15) is 38.7 Å². The molecule has 0 aliphatic carbocycles. The van der Waals surface area contributed by atoms with E-state index in [1.54, 1.807) is 19.1 Å². The van der Waals surface area contributed by atoms with Gasteiger partial charge in [0.15, 0.2) is 11.5 Å². The molecular weight excluding hydrogens is 384 g/mol. The first kappa shape index (κ1) is 19.0. The van der Waals surface area contributed by atoms with Crippen LogP contribution in [-0.4, -0.2) is 41.4 Å². The summed E-state index contributed by atoms with van der Waals surface area (Å²) in [5, 5.41) is 0.713. The van der Waals surface area contributed by atoms with Crippen molar-refractivity contribution < 1.29 is 23.0 Å². The summed E-state index contributed by atoms with van der Waals surface area (Å²) in [5.74, 6) is 0.519. The molecule has 1 aliphatic rings. The van der Waals surface area contributed by atoms with Crippen LogP contribution in [0.2, 0.25) is 0 Å². The third kappa shape index (κ3) is 4.59. The van der Waals surface area contributed by atoms with E-state index in [4.69, 9.17) is 4.74 Å². The number of halogens is 3. The lowest BCUT2D eigenvalue weighted by Gasteiger charge is -2.21. The summed E-state index contributed by atoms with van der Waals surface area (Å²) >= 11 is 3.45. The summed E-state index contributed by atoms with van der Waals surface area (Å²) in [7, 11) is 0. The predicted octanol–water partition coefficient (Wildman–Crippen LogP) is 4.17. The maximum Gasteiger partial charge on any atom is 0.387 e. The molecule has 0 spiro atoms. The number of nitrogens with zero attached hydrogens (tertiary/aromatic N) is 1. The summed E-state index contributed by atoms with van der Waals surface area (Å²) < 4.78 is 35.3. The topological polar surface area (TPSA) is 38.8 Å². The van der Waals surface area contributed by atoms with Crippen LogP contribution < -0.4 is 9.47 Å². The SMILES string of the molecule is CC(=O)N1CC(c2ccc(OC(F)F)c(OC(C)C)c2)C[C@@H]1CBr. The third-order valence-corrected chi connectivity index (χ3v) is 4.76. The van der Waals surface area contributed by atoms with Gasteiger partial charge < -0.3 is 14.4 Å². The molecule has 0 saturated carbocycles. The second-order valence-corrected chi connectivity index (χ2v) is 6.81. The molecule has 1 amide bonds. The van der Waals surface area contributed by atoms with Crippen molar-refractivity contribution in [2.75, 3.05) is 11.9 Å². The number of rotatable bonds is 6. The third-order valence-electron chi connectivity index (χ3n) is 4.01. The molecule has 1 aromatic rings. The van der Waals surface area contributed by atoms with Crippen molar-refractivity contribution >= 4 is 21.8 Å². The Morgan fingerprint density at radius 3 is 2.54 bits per heavy atom. The van der Waals surface area contributed by atoms with Crippen LogP contribution in [0, 0.1) is 0 Å². The monoisotopic (exact) mass is 405 g/mol. The van der Waals surface area contributed by atoms with Gasteiger partial charge in [0.2, 0.25) is 5.91 Å². The number of hydrogen-bond acceptors (Lipinski definition) is 3. The Hall–Kier alpha value is -1.37. The highest BCUT2D eigenvalue weighted by Gasteiger charge is 2.34. The van der Waals surface area contributed by atoms with Gasteiger partial charge in [-0.15, -0.1) is 0 Å². The van der Waals surface area contributed by atoms with Crippen molar-refractivity contribution in [3.8, 4) is 11.5 Å². The number of hydrogen-bond donors (Lipinski definition) is 0. The van der Waals surface area contributed by atoms with Crippen LogP contribution in [0.3, 0.4) is 0 Å². The maximum atomic E-state index is 12.5.